The van der Waals surface area contributed by atoms with Gasteiger partial charge in [-0.15, -0.1) is 0 Å². The first-order chi connectivity index (χ1) is 14.7. The lowest BCUT2D eigenvalue weighted by atomic mass is 9.69. The van der Waals surface area contributed by atoms with E-state index in [1.165, 1.54) is 0 Å². The highest BCUT2D eigenvalue weighted by atomic mass is 16.5. The molecule has 5 heteroatoms. The number of carbonyl (C=O) groups is 2. The molecule has 2 aromatic rings. The molecule has 0 unspecified atom stereocenters. The van der Waals surface area contributed by atoms with E-state index in [1.807, 2.05) is 26.0 Å². The molecule has 31 heavy (non-hydrogen) atoms. The second-order valence-corrected chi connectivity index (χ2v) is 8.99. The number of carbonyl (C=O) groups excluding carboxylic acids is 2. The Bertz CT molecular complexity index is 1010. The summed E-state index contributed by atoms with van der Waals surface area (Å²) in [5.74, 6) is 0.254. The number of hydrogen-bond acceptors (Lipinski definition) is 3. The minimum absolute atomic E-state index is 0.140. The number of benzene rings is 2. The van der Waals surface area contributed by atoms with Crippen molar-refractivity contribution in [3.8, 4) is 5.75 Å². The SMILES string of the molecule is CCC[C@H]1N(NC(=O)c2cccc(OC)c2CC)C(=O)c2cc(C)cc(C)c2C1(C)C. The Morgan fingerprint density at radius 2 is 1.90 bits per heavy atom. The number of hydrazine groups is 1. The van der Waals surface area contributed by atoms with Gasteiger partial charge in [0.2, 0.25) is 0 Å². The maximum absolute atomic E-state index is 13.6. The van der Waals surface area contributed by atoms with Crippen molar-refractivity contribution in [2.24, 2.45) is 0 Å². The normalized spacial score (nSPS) is 17.3. The number of aryl methyl sites for hydroxylation is 2. The molecule has 1 atom stereocenters. The van der Waals surface area contributed by atoms with Gasteiger partial charge in [0, 0.05) is 22.1 Å². The van der Waals surface area contributed by atoms with Crippen molar-refractivity contribution in [3.63, 3.8) is 0 Å². The van der Waals surface area contributed by atoms with Crippen molar-refractivity contribution in [2.75, 3.05) is 7.11 Å². The van der Waals surface area contributed by atoms with E-state index in [0.29, 0.717) is 23.3 Å². The Labute approximate surface area is 185 Å². The molecule has 3 rings (SSSR count). The third-order valence-electron chi connectivity index (χ3n) is 6.45. The zero-order valence-electron chi connectivity index (χ0n) is 19.8. The van der Waals surface area contributed by atoms with E-state index in [1.54, 1.807) is 24.3 Å². The lowest BCUT2D eigenvalue weighted by Gasteiger charge is -2.47. The fraction of sp³-hybridized carbons (Fsp3) is 0.462. The summed E-state index contributed by atoms with van der Waals surface area (Å²) in [6.45, 7) is 12.5. The highest BCUT2D eigenvalue weighted by molar-refractivity contribution is 6.02. The Kier molecular flexibility index (Phi) is 6.44. The van der Waals surface area contributed by atoms with Gasteiger partial charge in [-0.25, -0.2) is 5.01 Å². The molecule has 1 N–H and O–H groups in total. The molecule has 0 radical (unpaired) electrons. The molecule has 0 aromatic heterocycles. The molecule has 0 spiro atoms. The van der Waals surface area contributed by atoms with E-state index in [-0.39, 0.29) is 23.3 Å². The Hall–Kier alpha value is -2.82. The van der Waals surface area contributed by atoms with Crippen LogP contribution in [0.3, 0.4) is 0 Å². The van der Waals surface area contributed by atoms with Crippen LogP contribution in [0.1, 0.15) is 83.5 Å². The number of nitrogens with one attached hydrogen (secondary N) is 1. The van der Waals surface area contributed by atoms with Gasteiger partial charge in [-0.1, -0.05) is 51.8 Å². The van der Waals surface area contributed by atoms with E-state index in [2.05, 4.69) is 39.2 Å². The van der Waals surface area contributed by atoms with Crippen molar-refractivity contribution in [2.45, 2.75) is 72.3 Å². The van der Waals surface area contributed by atoms with Gasteiger partial charge in [-0.2, -0.15) is 0 Å². The van der Waals surface area contributed by atoms with Crippen LogP contribution in [0.5, 0.6) is 5.75 Å². The fourth-order valence-electron chi connectivity index (χ4n) is 5.15. The molecule has 1 aliphatic heterocycles. The van der Waals surface area contributed by atoms with Crippen LogP contribution in [0.15, 0.2) is 30.3 Å². The summed E-state index contributed by atoms with van der Waals surface area (Å²) in [4.78, 5) is 27.0. The van der Waals surface area contributed by atoms with Gasteiger partial charge < -0.3 is 4.74 Å². The monoisotopic (exact) mass is 422 g/mol. The molecule has 5 nitrogen and oxygen atoms in total. The summed E-state index contributed by atoms with van der Waals surface area (Å²) in [5, 5.41) is 1.58. The second-order valence-electron chi connectivity index (χ2n) is 8.99. The third kappa shape index (κ3) is 3.93. The van der Waals surface area contributed by atoms with Crippen molar-refractivity contribution < 1.29 is 14.3 Å². The van der Waals surface area contributed by atoms with Gasteiger partial charge in [0.15, 0.2) is 0 Å². The maximum atomic E-state index is 13.6. The van der Waals surface area contributed by atoms with Crippen LogP contribution in [0.2, 0.25) is 0 Å². The van der Waals surface area contributed by atoms with E-state index in [9.17, 15) is 9.59 Å². The van der Waals surface area contributed by atoms with Gasteiger partial charge in [0.25, 0.3) is 11.8 Å². The number of hydrogen-bond donors (Lipinski definition) is 1. The zero-order valence-corrected chi connectivity index (χ0v) is 19.8. The summed E-state index contributed by atoms with van der Waals surface area (Å²) < 4.78 is 5.44. The van der Waals surface area contributed by atoms with Crippen molar-refractivity contribution in [3.05, 3.63) is 63.7 Å². The Morgan fingerprint density at radius 1 is 1.19 bits per heavy atom. The molecule has 0 saturated carbocycles. The van der Waals surface area contributed by atoms with Crippen LogP contribution in [0, 0.1) is 13.8 Å². The number of rotatable bonds is 6. The lowest BCUT2D eigenvalue weighted by molar-refractivity contribution is 0.0302. The average Bonchev–Trinajstić information content (AvgIpc) is 2.72. The van der Waals surface area contributed by atoms with Crippen molar-refractivity contribution in [1.82, 2.24) is 10.4 Å². The summed E-state index contributed by atoms with van der Waals surface area (Å²) in [6, 6.07) is 9.38. The van der Waals surface area contributed by atoms with Gasteiger partial charge in [0.05, 0.1) is 13.2 Å². The van der Waals surface area contributed by atoms with E-state index < -0.39 is 0 Å². The smallest absolute Gasteiger partial charge is 0.272 e. The lowest BCUT2D eigenvalue weighted by Crippen LogP contribution is -2.61. The predicted octanol–water partition coefficient (Wildman–Crippen LogP) is 5.12. The van der Waals surface area contributed by atoms with Gasteiger partial charge in [-0.05, 0) is 56.0 Å². The quantitative estimate of drug-likeness (QED) is 0.703. The van der Waals surface area contributed by atoms with Crippen LogP contribution >= 0.6 is 0 Å². The highest BCUT2D eigenvalue weighted by Gasteiger charge is 2.46. The minimum Gasteiger partial charge on any atom is -0.496 e. The fourth-order valence-corrected chi connectivity index (χ4v) is 5.15. The Morgan fingerprint density at radius 3 is 2.52 bits per heavy atom. The molecule has 2 aromatic carbocycles. The van der Waals surface area contributed by atoms with Crippen molar-refractivity contribution >= 4 is 11.8 Å². The number of methoxy groups -OCH3 is 1. The molecule has 0 saturated heterocycles. The van der Waals surface area contributed by atoms with E-state index >= 15 is 0 Å². The summed E-state index contributed by atoms with van der Waals surface area (Å²) >= 11 is 0. The molecule has 1 aliphatic rings. The first-order valence-electron chi connectivity index (χ1n) is 11.1. The first-order valence-corrected chi connectivity index (χ1v) is 11.1. The largest absolute Gasteiger partial charge is 0.496 e. The average molecular weight is 423 g/mol. The second kappa shape index (κ2) is 8.74. The molecule has 0 aliphatic carbocycles. The van der Waals surface area contributed by atoms with Gasteiger partial charge in [-0.3, -0.25) is 15.0 Å². The van der Waals surface area contributed by atoms with E-state index in [0.717, 1.165) is 35.1 Å². The number of amides is 2. The van der Waals surface area contributed by atoms with Gasteiger partial charge in [0.1, 0.15) is 5.75 Å². The number of fused-ring (bicyclic) bond motifs is 1. The summed E-state index contributed by atoms with van der Waals surface area (Å²) in [7, 11) is 1.60. The zero-order chi connectivity index (χ0) is 22.9. The Balaban J connectivity index is 2.08. The highest BCUT2D eigenvalue weighted by Crippen LogP contribution is 2.41. The molecular weight excluding hydrogens is 388 g/mol. The van der Waals surface area contributed by atoms with Crippen LogP contribution in [-0.2, 0) is 11.8 Å². The molecule has 166 valence electrons. The maximum Gasteiger partial charge on any atom is 0.272 e. The van der Waals surface area contributed by atoms with Crippen molar-refractivity contribution in [1.29, 1.82) is 0 Å². The summed E-state index contributed by atoms with van der Waals surface area (Å²) in [6.07, 6.45) is 2.36. The van der Waals surface area contributed by atoms with Crippen LogP contribution in [0.25, 0.3) is 0 Å². The molecule has 0 bridgehead atoms. The van der Waals surface area contributed by atoms with E-state index in [4.69, 9.17) is 4.74 Å². The number of ether oxygens (including phenoxy) is 1. The standard InChI is InChI=1S/C26H34N2O3/c1-8-11-22-26(5,6)23-17(4)14-16(3)15-20(23)25(30)28(22)27-24(29)19-12-10-13-21(31-7)18(19)9-2/h10,12-15,22H,8-9,11H2,1-7H3,(H,27,29)/t22-/m1/s1. The van der Waals surface area contributed by atoms with Gasteiger partial charge >= 0.3 is 0 Å². The molecule has 2 amide bonds. The van der Waals surface area contributed by atoms with Crippen LogP contribution in [0.4, 0.5) is 0 Å². The topological polar surface area (TPSA) is 58.6 Å². The van der Waals surface area contributed by atoms with Crippen LogP contribution in [-0.4, -0.2) is 30.0 Å². The first kappa shape index (κ1) is 22.9. The predicted molar refractivity (Wildman–Crippen MR) is 124 cm³/mol. The summed E-state index contributed by atoms with van der Waals surface area (Å²) in [5.41, 5.74) is 7.98. The van der Waals surface area contributed by atoms with Crippen LogP contribution < -0.4 is 10.2 Å². The third-order valence-corrected chi connectivity index (χ3v) is 6.45. The molecule has 1 heterocycles. The molecular formula is C26H34N2O3. The number of nitrogens with zero attached hydrogens (tertiary/aromatic N) is 1. The minimum atomic E-state index is -0.299. The molecule has 0 fully saturated rings.